The maximum atomic E-state index is 12.6. The Morgan fingerprint density at radius 3 is 2.60 bits per heavy atom. The van der Waals surface area contributed by atoms with E-state index in [0.29, 0.717) is 4.88 Å². The van der Waals surface area contributed by atoms with Crippen molar-refractivity contribution in [2.45, 2.75) is 27.2 Å². The Bertz CT molecular complexity index is 901. The highest BCUT2D eigenvalue weighted by atomic mass is 32.1. The third-order valence-electron chi connectivity index (χ3n) is 3.87. The smallest absolute Gasteiger partial charge is 0.267 e. The van der Waals surface area contributed by atoms with Gasteiger partial charge in [0.2, 0.25) is 0 Å². The van der Waals surface area contributed by atoms with Crippen LogP contribution < -0.4 is 10.6 Å². The van der Waals surface area contributed by atoms with Gasteiger partial charge >= 0.3 is 0 Å². The number of hydrogen-bond donors (Lipinski definition) is 2. The number of benzene rings is 2. The molecule has 0 saturated carbocycles. The van der Waals surface area contributed by atoms with Crippen molar-refractivity contribution in [3.63, 3.8) is 0 Å². The summed E-state index contributed by atoms with van der Waals surface area (Å²) >= 11 is 1.36. The van der Waals surface area contributed by atoms with Crippen LogP contribution in [-0.2, 0) is 6.42 Å². The number of thiazole rings is 1. The molecular formula is C20H21N3OS. The molecule has 3 aromatic rings. The number of hydrogen-bond acceptors (Lipinski definition) is 4. The molecule has 0 atom stereocenters. The minimum Gasteiger partial charge on any atom is -0.332 e. The summed E-state index contributed by atoms with van der Waals surface area (Å²) in [6, 6.07) is 16.0. The van der Waals surface area contributed by atoms with E-state index in [4.69, 9.17) is 0 Å². The lowest BCUT2D eigenvalue weighted by Crippen LogP contribution is -2.11. The van der Waals surface area contributed by atoms with Gasteiger partial charge in [0.1, 0.15) is 4.88 Å². The highest BCUT2D eigenvalue weighted by Crippen LogP contribution is 2.27. The molecule has 1 heterocycles. The lowest BCUT2D eigenvalue weighted by molar-refractivity contribution is 0.103. The van der Waals surface area contributed by atoms with Crippen LogP contribution in [-0.4, -0.2) is 10.9 Å². The number of rotatable bonds is 5. The van der Waals surface area contributed by atoms with Crippen molar-refractivity contribution >= 4 is 33.8 Å². The fraction of sp³-hybridized carbons (Fsp3) is 0.200. The second-order valence-electron chi connectivity index (χ2n) is 5.94. The van der Waals surface area contributed by atoms with Gasteiger partial charge in [0.15, 0.2) is 5.13 Å². The molecule has 1 aromatic heterocycles. The maximum Gasteiger partial charge on any atom is 0.267 e. The average Bonchev–Trinajstić information content (AvgIpc) is 2.95. The van der Waals surface area contributed by atoms with Crippen LogP contribution in [0.1, 0.15) is 33.4 Å². The summed E-state index contributed by atoms with van der Waals surface area (Å²) in [5.41, 5.74) is 4.87. The van der Waals surface area contributed by atoms with Crippen LogP contribution >= 0.6 is 11.3 Å². The van der Waals surface area contributed by atoms with Crippen molar-refractivity contribution < 1.29 is 4.79 Å². The van der Waals surface area contributed by atoms with Crippen molar-refractivity contribution in [2.75, 3.05) is 10.6 Å². The number of nitrogens with one attached hydrogen (secondary N) is 2. The van der Waals surface area contributed by atoms with Gasteiger partial charge in [-0.1, -0.05) is 42.5 Å². The van der Waals surface area contributed by atoms with Crippen LogP contribution in [0.15, 0.2) is 48.5 Å². The first kappa shape index (κ1) is 17.2. The van der Waals surface area contributed by atoms with Gasteiger partial charge in [-0.15, -0.1) is 0 Å². The van der Waals surface area contributed by atoms with Crippen molar-refractivity contribution in [2.24, 2.45) is 0 Å². The second kappa shape index (κ2) is 7.49. The molecule has 0 aliphatic carbocycles. The molecule has 5 heteroatoms. The zero-order chi connectivity index (χ0) is 17.8. The maximum absolute atomic E-state index is 12.6. The monoisotopic (exact) mass is 351 g/mol. The zero-order valence-corrected chi connectivity index (χ0v) is 15.4. The second-order valence-corrected chi connectivity index (χ2v) is 6.94. The molecule has 0 unspecified atom stereocenters. The minimum absolute atomic E-state index is 0.124. The summed E-state index contributed by atoms with van der Waals surface area (Å²) in [5, 5.41) is 6.95. The number of carbonyl (C=O) groups excluding carboxylic acids is 1. The third kappa shape index (κ3) is 4.25. The summed E-state index contributed by atoms with van der Waals surface area (Å²) in [6.45, 7) is 5.99. The fourth-order valence-corrected chi connectivity index (χ4v) is 3.45. The summed E-state index contributed by atoms with van der Waals surface area (Å²) < 4.78 is 0. The largest absolute Gasteiger partial charge is 0.332 e. The van der Waals surface area contributed by atoms with Gasteiger partial charge in [0.25, 0.3) is 5.91 Å². The van der Waals surface area contributed by atoms with Gasteiger partial charge in [-0.25, -0.2) is 4.98 Å². The Morgan fingerprint density at radius 2 is 1.84 bits per heavy atom. The Hall–Kier alpha value is -2.66. The number of carbonyl (C=O) groups is 1. The van der Waals surface area contributed by atoms with Crippen LogP contribution in [0, 0.1) is 13.8 Å². The summed E-state index contributed by atoms with van der Waals surface area (Å²) in [7, 11) is 0. The van der Waals surface area contributed by atoms with E-state index >= 15 is 0 Å². The van der Waals surface area contributed by atoms with E-state index in [1.165, 1.54) is 22.5 Å². The topological polar surface area (TPSA) is 54.0 Å². The molecule has 0 saturated heterocycles. The minimum atomic E-state index is -0.124. The Morgan fingerprint density at radius 1 is 1.08 bits per heavy atom. The summed E-state index contributed by atoms with van der Waals surface area (Å²) in [5.74, 6) is -0.124. The standard InChI is InChI=1S/C20H21N3OS/c1-4-15-8-6-10-17(12-15)22-19(24)18-14(3)21-20(25-18)23-16-9-5-7-13(2)11-16/h5-12H,4H2,1-3H3,(H,21,23)(H,22,24). The molecule has 25 heavy (non-hydrogen) atoms. The Labute approximate surface area is 151 Å². The number of anilines is 3. The Balaban J connectivity index is 1.76. The molecule has 2 aromatic carbocycles. The van der Waals surface area contributed by atoms with E-state index in [2.05, 4.69) is 28.6 Å². The normalized spacial score (nSPS) is 10.5. The van der Waals surface area contributed by atoms with Crippen molar-refractivity contribution in [3.05, 3.63) is 70.2 Å². The van der Waals surface area contributed by atoms with Gasteiger partial charge in [-0.05, 0) is 55.7 Å². The molecule has 0 bridgehead atoms. The predicted octanol–water partition coefficient (Wildman–Crippen LogP) is 5.32. The van der Waals surface area contributed by atoms with Crippen LogP contribution in [0.2, 0.25) is 0 Å². The van der Waals surface area contributed by atoms with E-state index in [9.17, 15) is 4.79 Å². The predicted molar refractivity (Wildman–Crippen MR) is 105 cm³/mol. The van der Waals surface area contributed by atoms with E-state index < -0.39 is 0 Å². The molecule has 128 valence electrons. The van der Waals surface area contributed by atoms with E-state index in [1.54, 1.807) is 0 Å². The molecule has 1 amide bonds. The van der Waals surface area contributed by atoms with Crippen LogP contribution in [0.25, 0.3) is 0 Å². The van der Waals surface area contributed by atoms with E-state index in [1.807, 2.05) is 56.3 Å². The number of aryl methyl sites for hydroxylation is 3. The van der Waals surface area contributed by atoms with Crippen molar-refractivity contribution in [1.82, 2.24) is 4.98 Å². The van der Waals surface area contributed by atoms with Crippen molar-refractivity contribution in [3.8, 4) is 0 Å². The molecule has 4 nitrogen and oxygen atoms in total. The SMILES string of the molecule is CCc1cccc(NC(=O)c2sc(Nc3cccc(C)c3)nc2C)c1. The lowest BCUT2D eigenvalue weighted by Gasteiger charge is -2.05. The summed E-state index contributed by atoms with van der Waals surface area (Å²) in [6.07, 6.45) is 0.938. The molecule has 0 aliphatic heterocycles. The third-order valence-corrected chi connectivity index (χ3v) is 4.94. The molecular weight excluding hydrogens is 330 g/mol. The lowest BCUT2D eigenvalue weighted by atomic mass is 10.1. The molecule has 0 spiro atoms. The molecule has 0 fully saturated rings. The van der Waals surface area contributed by atoms with Gasteiger partial charge in [-0.3, -0.25) is 4.79 Å². The number of nitrogens with zero attached hydrogens (tertiary/aromatic N) is 1. The van der Waals surface area contributed by atoms with E-state index in [0.717, 1.165) is 28.6 Å². The molecule has 0 aliphatic rings. The van der Waals surface area contributed by atoms with Crippen LogP contribution in [0.5, 0.6) is 0 Å². The first-order valence-corrected chi connectivity index (χ1v) is 9.08. The highest BCUT2D eigenvalue weighted by Gasteiger charge is 2.16. The Kier molecular flexibility index (Phi) is 5.14. The van der Waals surface area contributed by atoms with E-state index in [-0.39, 0.29) is 5.91 Å². The zero-order valence-electron chi connectivity index (χ0n) is 14.6. The van der Waals surface area contributed by atoms with Gasteiger partial charge in [0, 0.05) is 11.4 Å². The highest BCUT2D eigenvalue weighted by molar-refractivity contribution is 7.17. The first-order valence-electron chi connectivity index (χ1n) is 8.26. The number of aromatic nitrogens is 1. The first-order chi connectivity index (χ1) is 12.0. The average molecular weight is 351 g/mol. The molecule has 3 rings (SSSR count). The molecule has 2 N–H and O–H groups in total. The van der Waals surface area contributed by atoms with Gasteiger partial charge < -0.3 is 10.6 Å². The quantitative estimate of drug-likeness (QED) is 0.654. The molecule has 0 radical (unpaired) electrons. The van der Waals surface area contributed by atoms with Gasteiger partial charge in [-0.2, -0.15) is 0 Å². The fourth-order valence-electron chi connectivity index (χ4n) is 2.56. The van der Waals surface area contributed by atoms with Crippen LogP contribution in [0.3, 0.4) is 0 Å². The number of amides is 1. The van der Waals surface area contributed by atoms with Crippen LogP contribution in [0.4, 0.5) is 16.5 Å². The van der Waals surface area contributed by atoms with Crippen molar-refractivity contribution in [1.29, 1.82) is 0 Å². The summed E-state index contributed by atoms with van der Waals surface area (Å²) in [4.78, 5) is 17.7. The van der Waals surface area contributed by atoms with Gasteiger partial charge in [0.05, 0.1) is 5.69 Å².